The van der Waals surface area contributed by atoms with Gasteiger partial charge in [0.1, 0.15) is 10.6 Å². The summed E-state index contributed by atoms with van der Waals surface area (Å²) in [5, 5.41) is 10.1. The lowest BCUT2D eigenvalue weighted by atomic mass is 10.0. The van der Waals surface area contributed by atoms with Crippen LogP contribution in [0.5, 0.6) is 5.75 Å². The maximum absolute atomic E-state index is 15.5. The van der Waals surface area contributed by atoms with Gasteiger partial charge in [-0.2, -0.15) is 5.10 Å². The minimum Gasteiger partial charge on any atom is -0.490 e. The van der Waals surface area contributed by atoms with Gasteiger partial charge in [-0.15, -0.1) is 0 Å². The molecule has 0 bridgehead atoms. The van der Waals surface area contributed by atoms with Gasteiger partial charge >= 0.3 is 0 Å². The first kappa shape index (κ1) is 32.4. The van der Waals surface area contributed by atoms with Crippen molar-refractivity contribution in [1.82, 2.24) is 20.2 Å². The predicted octanol–water partition coefficient (Wildman–Crippen LogP) is 5.65. The standard InChI is InChI=1S/C28H27F5N6O4S2/c1-14-11-20(38-37-14)34-25-24(42-4)26(39-7-9-43-10-8-39)36-27(35-25)44-19-6-5-15(12-16(19)29)45(40,41)28(2,3)21-22(32)17(30)13-18(31)23(21)33/h5-6,11-13H,7-10H2,1-4H3,(H2,34,35,36,37,38). The Balaban J connectivity index is 1.52. The van der Waals surface area contributed by atoms with Gasteiger partial charge in [0.15, 0.2) is 55.7 Å². The number of sulfone groups is 1. The number of hydrogen-bond acceptors (Lipinski definition) is 10. The third-order valence-electron chi connectivity index (χ3n) is 7.09. The highest BCUT2D eigenvalue weighted by atomic mass is 32.2. The monoisotopic (exact) mass is 670 g/mol. The van der Waals surface area contributed by atoms with Crippen LogP contribution in [0, 0.1) is 36.0 Å². The van der Waals surface area contributed by atoms with E-state index in [9.17, 15) is 26.0 Å². The molecule has 2 aromatic carbocycles. The van der Waals surface area contributed by atoms with Crippen LogP contribution in [-0.2, 0) is 19.3 Å². The van der Waals surface area contributed by atoms with Crippen molar-refractivity contribution >= 4 is 39.1 Å². The van der Waals surface area contributed by atoms with Gasteiger partial charge in [0.25, 0.3) is 0 Å². The van der Waals surface area contributed by atoms with Gasteiger partial charge in [-0.3, -0.25) is 5.10 Å². The highest BCUT2D eigenvalue weighted by Crippen LogP contribution is 2.42. The minimum absolute atomic E-state index is 0.0228. The molecule has 3 heterocycles. The predicted molar refractivity (Wildman–Crippen MR) is 155 cm³/mol. The Morgan fingerprint density at radius 1 is 1.00 bits per heavy atom. The maximum Gasteiger partial charge on any atom is 0.204 e. The van der Waals surface area contributed by atoms with E-state index in [-0.39, 0.29) is 21.9 Å². The van der Waals surface area contributed by atoms with Crippen molar-refractivity contribution in [3.8, 4) is 5.75 Å². The zero-order valence-corrected chi connectivity index (χ0v) is 26.0. The highest BCUT2D eigenvalue weighted by Gasteiger charge is 2.44. The third-order valence-corrected chi connectivity index (χ3v) is 10.4. The minimum atomic E-state index is -4.80. The molecule has 0 aliphatic carbocycles. The van der Waals surface area contributed by atoms with Crippen LogP contribution in [0.15, 0.2) is 45.3 Å². The van der Waals surface area contributed by atoms with Gasteiger partial charge in [0.2, 0.25) is 5.75 Å². The van der Waals surface area contributed by atoms with E-state index in [1.807, 2.05) is 11.8 Å². The molecule has 5 rings (SSSR count). The number of benzene rings is 2. The first-order chi connectivity index (χ1) is 21.2. The SMILES string of the molecule is COc1c(Nc2cc(C)[nH]n2)nc(Sc2ccc(S(=O)(=O)C(C)(C)c3c(F)c(F)cc(F)c3F)cc2F)nc1N1CCOCC1. The molecule has 1 aliphatic heterocycles. The number of aromatic nitrogens is 4. The summed E-state index contributed by atoms with van der Waals surface area (Å²) in [7, 11) is -3.35. The van der Waals surface area contributed by atoms with Gasteiger partial charge in [0.05, 0.1) is 35.7 Å². The molecule has 1 fully saturated rings. The summed E-state index contributed by atoms with van der Waals surface area (Å²) in [4.78, 5) is 10.2. The number of rotatable bonds is 9. The molecular weight excluding hydrogens is 643 g/mol. The van der Waals surface area contributed by atoms with Crippen LogP contribution in [0.2, 0.25) is 0 Å². The average molecular weight is 671 g/mol. The lowest BCUT2D eigenvalue weighted by Gasteiger charge is -2.29. The number of aromatic amines is 1. The maximum atomic E-state index is 15.5. The summed E-state index contributed by atoms with van der Waals surface area (Å²) in [6.07, 6.45) is 0. The van der Waals surface area contributed by atoms with E-state index >= 15 is 4.39 Å². The number of methoxy groups -OCH3 is 1. The fourth-order valence-corrected chi connectivity index (χ4v) is 6.99. The quantitative estimate of drug-likeness (QED) is 0.131. The molecule has 0 atom stereocenters. The van der Waals surface area contributed by atoms with Crippen LogP contribution in [0.4, 0.5) is 39.4 Å². The molecule has 1 saturated heterocycles. The van der Waals surface area contributed by atoms with Gasteiger partial charge in [-0.25, -0.2) is 40.3 Å². The Labute approximate surface area is 259 Å². The van der Waals surface area contributed by atoms with E-state index in [1.54, 1.807) is 6.07 Å². The first-order valence-electron chi connectivity index (χ1n) is 13.4. The first-order valence-corrected chi connectivity index (χ1v) is 15.7. The molecule has 4 aromatic rings. The lowest BCUT2D eigenvalue weighted by Crippen LogP contribution is -2.37. The van der Waals surface area contributed by atoms with Crippen molar-refractivity contribution in [3.05, 3.63) is 70.7 Å². The highest BCUT2D eigenvalue weighted by molar-refractivity contribution is 7.99. The number of morpholine rings is 1. The molecule has 2 aromatic heterocycles. The van der Waals surface area contributed by atoms with E-state index < -0.39 is 54.1 Å². The van der Waals surface area contributed by atoms with Gasteiger partial charge in [0, 0.05) is 30.9 Å². The van der Waals surface area contributed by atoms with Crippen LogP contribution in [0.1, 0.15) is 25.1 Å². The zero-order chi connectivity index (χ0) is 32.7. The molecule has 0 radical (unpaired) electrons. The van der Waals surface area contributed by atoms with Crippen molar-refractivity contribution in [1.29, 1.82) is 0 Å². The second-order valence-electron chi connectivity index (χ2n) is 10.4. The molecule has 0 saturated carbocycles. The van der Waals surface area contributed by atoms with Gasteiger partial charge in [-0.05, 0) is 50.7 Å². The number of anilines is 3. The summed E-state index contributed by atoms with van der Waals surface area (Å²) >= 11 is 0.781. The van der Waals surface area contributed by atoms with Crippen molar-refractivity contribution in [2.24, 2.45) is 0 Å². The topological polar surface area (TPSA) is 122 Å². The van der Waals surface area contributed by atoms with E-state index in [1.165, 1.54) is 7.11 Å². The normalized spacial score (nSPS) is 14.1. The molecule has 240 valence electrons. The largest absolute Gasteiger partial charge is 0.490 e. The summed E-state index contributed by atoms with van der Waals surface area (Å²) in [5.74, 6) is -6.91. The Morgan fingerprint density at radius 3 is 2.24 bits per heavy atom. The fourth-order valence-electron chi connectivity index (χ4n) is 4.69. The molecule has 0 spiro atoms. The van der Waals surface area contributed by atoms with Crippen LogP contribution < -0.4 is 15.0 Å². The summed E-state index contributed by atoms with van der Waals surface area (Å²) in [6, 6.07) is 4.52. The molecule has 0 amide bonds. The number of aryl methyl sites for hydroxylation is 1. The average Bonchev–Trinajstić information content (AvgIpc) is 3.41. The molecular formula is C28H27F5N6O4S2. The third kappa shape index (κ3) is 6.15. The van der Waals surface area contributed by atoms with E-state index in [0.29, 0.717) is 49.8 Å². The van der Waals surface area contributed by atoms with Crippen LogP contribution >= 0.6 is 11.8 Å². The van der Waals surface area contributed by atoms with Crippen LogP contribution in [0.25, 0.3) is 0 Å². The molecule has 10 nitrogen and oxygen atoms in total. The Hall–Kier alpha value is -3.96. The number of halogens is 5. The number of ether oxygens (including phenoxy) is 2. The van der Waals surface area contributed by atoms with Crippen molar-refractivity contribution < 1.29 is 39.8 Å². The van der Waals surface area contributed by atoms with E-state index in [2.05, 4.69) is 25.5 Å². The Bertz CT molecular complexity index is 1840. The van der Waals surface area contributed by atoms with Crippen LogP contribution in [0.3, 0.4) is 0 Å². The fraction of sp³-hybridized carbons (Fsp3) is 0.321. The van der Waals surface area contributed by atoms with Crippen molar-refractivity contribution in [2.75, 3.05) is 43.6 Å². The molecule has 17 heteroatoms. The molecule has 2 N–H and O–H groups in total. The van der Waals surface area contributed by atoms with E-state index in [4.69, 9.17) is 9.47 Å². The number of nitrogens with one attached hydrogen (secondary N) is 2. The van der Waals surface area contributed by atoms with E-state index in [0.717, 1.165) is 43.4 Å². The Morgan fingerprint density at radius 2 is 1.67 bits per heavy atom. The zero-order valence-electron chi connectivity index (χ0n) is 24.3. The second-order valence-corrected chi connectivity index (χ2v) is 13.9. The van der Waals surface area contributed by atoms with Gasteiger partial charge < -0.3 is 19.7 Å². The Kier molecular flexibility index (Phi) is 8.97. The summed E-state index contributed by atoms with van der Waals surface area (Å²) in [5.41, 5.74) is -0.560. The van der Waals surface area contributed by atoms with Crippen molar-refractivity contribution in [2.45, 2.75) is 40.5 Å². The molecule has 1 aliphatic rings. The van der Waals surface area contributed by atoms with Crippen LogP contribution in [-0.4, -0.2) is 62.0 Å². The molecule has 45 heavy (non-hydrogen) atoms. The van der Waals surface area contributed by atoms with Crippen molar-refractivity contribution in [3.63, 3.8) is 0 Å². The van der Waals surface area contributed by atoms with Gasteiger partial charge in [-0.1, -0.05) is 0 Å². The number of H-pyrrole nitrogens is 1. The lowest BCUT2D eigenvalue weighted by molar-refractivity contribution is 0.122. The number of nitrogens with zero attached hydrogens (tertiary/aromatic N) is 4. The summed E-state index contributed by atoms with van der Waals surface area (Å²) < 4.78 is 108. The number of hydrogen-bond donors (Lipinski definition) is 2. The second kappa shape index (κ2) is 12.4. The summed E-state index contributed by atoms with van der Waals surface area (Å²) in [6.45, 7) is 5.42. The molecule has 0 unspecified atom stereocenters. The smallest absolute Gasteiger partial charge is 0.204 e.